The van der Waals surface area contributed by atoms with Crippen LogP contribution in [0.2, 0.25) is 0 Å². The number of nitriles is 1. The van der Waals surface area contributed by atoms with E-state index in [1.54, 1.807) is 6.07 Å². The standard InChI is InChI=1S/C38H19N3O2/c1-40-24-14-15-28-35(20-24)43-33-17-18-34-37(36(28)33)29-19-22(13-16-32(29)42-34)25-10-6-7-23(21-39)38(25)41-30-11-4-2-8-26(30)27-9-3-5-12-31(27)41/h2-20H. The molecule has 0 N–H and O–H groups in total. The van der Waals surface area contributed by atoms with Gasteiger partial charge < -0.3 is 13.4 Å². The van der Waals surface area contributed by atoms with Gasteiger partial charge in [-0.2, -0.15) is 5.26 Å². The lowest BCUT2D eigenvalue weighted by atomic mass is 9.97. The van der Waals surface area contributed by atoms with Gasteiger partial charge in [-0.3, -0.25) is 0 Å². The highest BCUT2D eigenvalue weighted by atomic mass is 16.3. The fraction of sp³-hybridized carbons (Fsp3) is 0. The minimum atomic E-state index is 0.539. The van der Waals surface area contributed by atoms with E-state index in [0.717, 1.165) is 76.9 Å². The lowest BCUT2D eigenvalue weighted by Crippen LogP contribution is -2.00. The van der Waals surface area contributed by atoms with Crippen LogP contribution in [0.15, 0.2) is 124 Å². The van der Waals surface area contributed by atoms with E-state index in [-0.39, 0.29) is 0 Å². The fourth-order valence-corrected chi connectivity index (χ4v) is 6.63. The molecule has 0 saturated carbocycles. The number of benzene rings is 6. The molecule has 0 fully saturated rings. The Morgan fingerprint density at radius 3 is 2.00 bits per heavy atom. The smallest absolute Gasteiger partial charge is 0.190 e. The Morgan fingerprint density at radius 1 is 0.605 bits per heavy atom. The molecule has 0 saturated heterocycles. The van der Waals surface area contributed by atoms with Crippen molar-refractivity contribution in [2.45, 2.75) is 0 Å². The Morgan fingerprint density at radius 2 is 1.28 bits per heavy atom. The Bertz CT molecular complexity index is 2650. The van der Waals surface area contributed by atoms with Crippen LogP contribution in [0.4, 0.5) is 5.69 Å². The minimum absolute atomic E-state index is 0.539. The molecule has 0 atom stereocenters. The quantitative estimate of drug-likeness (QED) is 0.202. The zero-order valence-electron chi connectivity index (χ0n) is 22.6. The van der Waals surface area contributed by atoms with Crippen molar-refractivity contribution in [3.05, 3.63) is 132 Å². The van der Waals surface area contributed by atoms with Crippen LogP contribution in [0.5, 0.6) is 0 Å². The molecule has 0 radical (unpaired) electrons. The van der Waals surface area contributed by atoms with Crippen LogP contribution in [-0.4, -0.2) is 4.57 Å². The number of hydrogen-bond acceptors (Lipinski definition) is 3. The number of aromatic nitrogens is 1. The lowest BCUT2D eigenvalue weighted by molar-refractivity contribution is 0.663. The molecule has 43 heavy (non-hydrogen) atoms. The highest BCUT2D eigenvalue weighted by Gasteiger charge is 2.21. The average molecular weight is 550 g/mol. The van der Waals surface area contributed by atoms with Gasteiger partial charge in [-0.15, -0.1) is 0 Å². The molecule has 3 aromatic heterocycles. The van der Waals surface area contributed by atoms with Gasteiger partial charge >= 0.3 is 0 Å². The number of rotatable bonds is 2. The van der Waals surface area contributed by atoms with E-state index in [0.29, 0.717) is 16.8 Å². The zero-order chi connectivity index (χ0) is 28.7. The predicted molar refractivity (Wildman–Crippen MR) is 172 cm³/mol. The maximum Gasteiger partial charge on any atom is 0.190 e. The van der Waals surface area contributed by atoms with Crippen molar-refractivity contribution >= 4 is 71.4 Å². The van der Waals surface area contributed by atoms with Gasteiger partial charge in [0.25, 0.3) is 0 Å². The molecule has 0 spiro atoms. The molecule has 9 aromatic rings. The maximum absolute atomic E-state index is 10.3. The van der Waals surface area contributed by atoms with Gasteiger partial charge in [0, 0.05) is 37.9 Å². The van der Waals surface area contributed by atoms with Crippen LogP contribution in [0, 0.1) is 17.9 Å². The monoisotopic (exact) mass is 549 g/mol. The van der Waals surface area contributed by atoms with Crippen molar-refractivity contribution in [3.63, 3.8) is 0 Å². The van der Waals surface area contributed by atoms with Gasteiger partial charge in [0.05, 0.1) is 28.9 Å². The van der Waals surface area contributed by atoms with Gasteiger partial charge in [-0.25, -0.2) is 4.85 Å². The predicted octanol–water partition coefficient (Wildman–Crippen LogP) is 10.7. The third-order valence-electron chi connectivity index (χ3n) is 8.45. The molecule has 0 bridgehead atoms. The van der Waals surface area contributed by atoms with Crippen LogP contribution in [0.25, 0.3) is 87.3 Å². The summed E-state index contributed by atoms with van der Waals surface area (Å²) < 4.78 is 14.7. The zero-order valence-corrected chi connectivity index (χ0v) is 22.6. The van der Waals surface area contributed by atoms with Crippen molar-refractivity contribution in [1.29, 1.82) is 5.26 Å². The summed E-state index contributed by atoms with van der Waals surface area (Å²) in [6.07, 6.45) is 0. The summed E-state index contributed by atoms with van der Waals surface area (Å²) in [5, 5.41) is 16.5. The Labute approximate surface area is 244 Å². The highest BCUT2D eigenvalue weighted by molar-refractivity contribution is 6.26. The summed E-state index contributed by atoms with van der Waals surface area (Å²) in [6, 6.07) is 40.7. The summed E-state index contributed by atoms with van der Waals surface area (Å²) in [7, 11) is 0. The molecular weight excluding hydrogens is 530 g/mol. The van der Waals surface area contributed by atoms with E-state index in [4.69, 9.17) is 15.4 Å². The second-order valence-corrected chi connectivity index (χ2v) is 10.7. The number of hydrogen-bond donors (Lipinski definition) is 0. The van der Waals surface area contributed by atoms with E-state index in [9.17, 15) is 5.26 Å². The van der Waals surface area contributed by atoms with Gasteiger partial charge in [0.2, 0.25) is 0 Å². The van der Waals surface area contributed by atoms with Crippen LogP contribution in [-0.2, 0) is 0 Å². The van der Waals surface area contributed by atoms with Gasteiger partial charge in [-0.1, -0.05) is 66.7 Å². The summed E-state index contributed by atoms with van der Waals surface area (Å²) in [5.74, 6) is 0. The number of furan rings is 2. The van der Waals surface area contributed by atoms with Crippen molar-refractivity contribution in [1.82, 2.24) is 4.57 Å². The van der Waals surface area contributed by atoms with E-state index in [1.165, 1.54) is 0 Å². The minimum Gasteiger partial charge on any atom is -0.457 e. The average Bonchev–Trinajstić information content (AvgIpc) is 3.72. The summed E-state index contributed by atoms with van der Waals surface area (Å²) in [5.41, 5.74) is 8.97. The normalized spacial score (nSPS) is 11.7. The molecule has 198 valence electrons. The number of nitrogens with zero attached hydrogens (tertiary/aromatic N) is 3. The first-order valence-corrected chi connectivity index (χ1v) is 13.9. The van der Waals surface area contributed by atoms with Crippen molar-refractivity contribution in [2.24, 2.45) is 0 Å². The molecule has 0 aliphatic rings. The Kier molecular flexibility index (Phi) is 4.68. The van der Waals surface area contributed by atoms with Crippen LogP contribution in [0.1, 0.15) is 5.56 Å². The molecule has 0 unspecified atom stereocenters. The van der Waals surface area contributed by atoms with Crippen molar-refractivity contribution < 1.29 is 8.83 Å². The van der Waals surface area contributed by atoms with Gasteiger partial charge in [0.15, 0.2) is 5.69 Å². The van der Waals surface area contributed by atoms with E-state index in [1.807, 2.05) is 54.6 Å². The van der Waals surface area contributed by atoms with E-state index >= 15 is 0 Å². The molecule has 9 rings (SSSR count). The molecular formula is C38H19N3O2. The number of para-hydroxylation sites is 3. The molecule has 0 aliphatic carbocycles. The lowest BCUT2D eigenvalue weighted by Gasteiger charge is -2.16. The number of fused-ring (bicyclic) bond motifs is 10. The molecule has 5 nitrogen and oxygen atoms in total. The highest BCUT2D eigenvalue weighted by Crippen LogP contribution is 2.43. The summed E-state index contributed by atoms with van der Waals surface area (Å²) in [6.45, 7) is 7.41. The second-order valence-electron chi connectivity index (χ2n) is 10.7. The first-order chi connectivity index (χ1) is 21.2. The Balaban J connectivity index is 1.37. The van der Waals surface area contributed by atoms with Crippen molar-refractivity contribution in [2.75, 3.05) is 0 Å². The SMILES string of the molecule is [C-]#[N+]c1ccc2c(c1)oc1ccc3oc4ccc(-c5cccc(C#N)c5-n5c6ccccc6c6ccccc65)cc4c3c12. The first kappa shape index (κ1) is 23.4. The van der Waals surface area contributed by atoms with Crippen LogP contribution >= 0.6 is 0 Å². The van der Waals surface area contributed by atoms with Crippen LogP contribution < -0.4 is 0 Å². The van der Waals surface area contributed by atoms with E-state index < -0.39 is 0 Å². The fourth-order valence-electron chi connectivity index (χ4n) is 6.63. The first-order valence-electron chi connectivity index (χ1n) is 13.9. The summed E-state index contributed by atoms with van der Waals surface area (Å²) in [4.78, 5) is 3.57. The topological polar surface area (TPSA) is 59.4 Å². The molecule has 3 heterocycles. The van der Waals surface area contributed by atoms with Crippen LogP contribution in [0.3, 0.4) is 0 Å². The van der Waals surface area contributed by atoms with Crippen molar-refractivity contribution in [3.8, 4) is 22.9 Å². The maximum atomic E-state index is 10.3. The summed E-state index contributed by atoms with van der Waals surface area (Å²) >= 11 is 0. The molecule has 0 aliphatic heterocycles. The Hall–Kier alpha value is -6.30. The van der Waals surface area contributed by atoms with Gasteiger partial charge in [-0.05, 0) is 54.1 Å². The third-order valence-corrected chi connectivity index (χ3v) is 8.45. The molecule has 6 aromatic carbocycles. The second kappa shape index (κ2) is 8.60. The molecule has 0 amide bonds. The van der Waals surface area contributed by atoms with Gasteiger partial charge in [0.1, 0.15) is 28.4 Å². The third kappa shape index (κ3) is 3.19. The largest absolute Gasteiger partial charge is 0.457 e. The van der Waals surface area contributed by atoms with E-state index in [2.05, 4.69) is 70.1 Å². The molecule has 5 heteroatoms.